The van der Waals surface area contributed by atoms with Crippen molar-refractivity contribution in [2.45, 2.75) is 57.5 Å². The highest BCUT2D eigenvalue weighted by Gasteiger charge is 2.26. The van der Waals surface area contributed by atoms with E-state index in [1.54, 1.807) is 0 Å². The average molecular weight is 210 g/mol. The van der Waals surface area contributed by atoms with E-state index in [0.717, 1.165) is 18.0 Å². The maximum absolute atomic E-state index is 3.63. The van der Waals surface area contributed by atoms with Crippen LogP contribution >= 0.6 is 0 Å². The summed E-state index contributed by atoms with van der Waals surface area (Å²) in [6.07, 6.45) is 8.56. The lowest BCUT2D eigenvalue weighted by Gasteiger charge is -2.31. The minimum absolute atomic E-state index is 0.755. The zero-order valence-electron chi connectivity index (χ0n) is 10.3. The maximum atomic E-state index is 3.63. The quantitative estimate of drug-likeness (QED) is 0.749. The van der Waals surface area contributed by atoms with Crippen LogP contribution in [0.3, 0.4) is 0 Å². The molecule has 1 N–H and O–H groups in total. The first kappa shape index (κ1) is 11.4. The van der Waals surface area contributed by atoms with Gasteiger partial charge in [-0.25, -0.2) is 0 Å². The van der Waals surface area contributed by atoms with E-state index in [4.69, 9.17) is 0 Å². The second-order valence-corrected chi connectivity index (χ2v) is 5.61. The third-order valence-corrected chi connectivity index (χ3v) is 4.04. The number of nitrogens with zero attached hydrogens (tertiary/aromatic N) is 1. The van der Waals surface area contributed by atoms with Crippen LogP contribution in [0.2, 0.25) is 0 Å². The third-order valence-electron chi connectivity index (χ3n) is 4.04. The van der Waals surface area contributed by atoms with E-state index in [2.05, 4.69) is 24.2 Å². The van der Waals surface area contributed by atoms with E-state index in [1.807, 2.05) is 0 Å². The standard InChI is InChI=1S/C13H26N2/c1-11(9-12-6-7-12)15(2)10-13-5-3-4-8-14-13/h11-14H,3-10H2,1-2H3. The van der Waals surface area contributed by atoms with E-state index in [1.165, 1.54) is 51.6 Å². The van der Waals surface area contributed by atoms with Crippen LogP contribution < -0.4 is 5.32 Å². The van der Waals surface area contributed by atoms with Gasteiger partial charge in [0.2, 0.25) is 0 Å². The summed E-state index contributed by atoms with van der Waals surface area (Å²) >= 11 is 0. The highest BCUT2D eigenvalue weighted by atomic mass is 15.1. The predicted octanol–water partition coefficient (Wildman–Crippen LogP) is 2.25. The summed E-state index contributed by atoms with van der Waals surface area (Å²) in [5.41, 5.74) is 0. The topological polar surface area (TPSA) is 15.3 Å². The minimum atomic E-state index is 0.755. The molecule has 0 aromatic rings. The van der Waals surface area contributed by atoms with Gasteiger partial charge >= 0.3 is 0 Å². The molecule has 2 rings (SSSR count). The SMILES string of the molecule is CC(CC1CC1)N(C)CC1CCCCN1. The van der Waals surface area contributed by atoms with Gasteiger partial charge in [0, 0.05) is 18.6 Å². The molecule has 0 aromatic heterocycles. The Balaban J connectivity index is 1.66. The molecule has 88 valence electrons. The van der Waals surface area contributed by atoms with Crippen molar-refractivity contribution in [1.29, 1.82) is 0 Å². The number of rotatable bonds is 5. The smallest absolute Gasteiger partial charge is 0.0195 e. The summed E-state index contributed by atoms with van der Waals surface area (Å²) in [6, 6.07) is 1.53. The van der Waals surface area contributed by atoms with Crippen molar-refractivity contribution in [3.63, 3.8) is 0 Å². The first-order valence-corrected chi connectivity index (χ1v) is 6.69. The van der Waals surface area contributed by atoms with Crippen LogP contribution in [-0.4, -0.2) is 37.1 Å². The Labute approximate surface area is 94.4 Å². The molecule has 2 aliphatic rings. The van der Waals surface area contributed by atoms with Crippen LogP contribution in [0.15, 0.2) is 0 Å². The molecular weight excluding hydrogens is 184 g/mol. The van der Waals surface area contributed by atoms with Crippen LogP contribution in [0.5, 0.6) is 0 Å². The van der Waals surface area contributed by atoms with Crippen molar-refractivity contribution >= 4 is 0 Å². The molecule has 2 nitrogen and oxygen atoms in total. The fourth-order valence-corrected chi connectivity index (χ4v) is 2.62. The fourth-order valence-electron chi connectivity index (χ4n) is 2.62. The molecule has 1 saturated carbocycles. The summed E-state index contributed by atoms with van der Waals surface area (Å²) in [6.45, 7) is 4.87. The summed E-state index contributed by atoms with van der Waals surface area (Å²) in [5, 5.41) is 3.63. The fraction of sp³-hybridized carbons (Fsp3) is 1.00. The highest BCUT2D eigenvalue weighted by Crippen LogP contribution is 2.34. The van der Waals surface area contributed by atoms with Gasteiger partial charge in [-0.15, -0.1) is 0 Å². The molecule has 2 fully saturated rings. The van der Waals surface area contributed by atoms with E-state index in [9.17, 15) is 0 Å². The number of piperidine rings is 1. The lowest BCUT2D eigenvalue weighted by atomic mass is 10.0. The molecule has 0 aromatic carbocycles. The number of hydrogen-bond donors (Lipinski definition) is 1. The van der Waals surface area contributed by atoms with Crippen LogP contribution in [-0.2, 0) is 0 Å². The molecule has 1 aliphatic heterocycles. The van der Waals surface area contributed by atoms with Gasteiger partial charge in [0.05, 0.1) is 0 Å². The minimum Gasteiger partial charge on any atom is -0.313 e. The second kappa shape index (κ2) is 5.31. The zero-order chi connectivity index (χ0) is 10.7. The summed E-state index contributed by atoms with van der Waals surface area (Å²) in [7, 11) is 2.29. The van der Waals surface area contributed by atoms with Gasteiger partial charge in [-0.3, -0.25) is 0 Å². The van der Waals surface area contributed by atoms with Crippen LogP contribution in [0, 0.1) is 5.92 Å². The summed E-state index contributed by atoms with van der Waals surface area (Å²) in [4.78, 5) is 2.56. The number of hydrogen-bond acceptors (Lipinski definition) is 2. The molecule has 0 bridgehead atoms. The molecule has 2 atom stereocenters. The van der Waals surface area contributed by atoms with Gasteiger partial charge in [0.15, 0.2) is 0 Å². The lowest BCUT2D eigenvalue weighted by Crippen LogP contribution is -2.45. The molecule has 2 unspecified atom stereocenters. The maximum Gasteiger partial charge on any atom is 0.0195 e. The van der Waals surface area contributed by atoms with E-state index >= 15 is 0 Å². The monoisotopic (exact) mass is 210 g/mol. The largest absolute Gasteiger partial charge is 0.313 e. The Kier molecular flexibility index (Phi) is 4.04. The molecule has 15 heavy (non-hydrogen) atoms. The van der Waals surface area contributed by atoms with Crippen LogP contribution in [0.25, 0.3) is 0 Å². The molecular formula is C13H26N2. The van der Waals surface area contributed by atoms with Crippen molar-refractivity contribution in [2.24, 2.45) is 5.92 Å². The van der Waals surface area contributed by atoms with Gasteiger partial charge in [0.25, 0.3) is 0 Å². The Bertz CT molecular complexity index is 183. The van der Waals surface area contributed by atoms with E-state index in [-0.39, 0.29) is 0 Å². The Morgan fingerprint density at radius 2 is 2.07 bits per heavy atom. The molecule has 0 radical (unpaired) electrons. The van der Waals surface area contributed by atoms with E-state index < -0.39 is 0 Å². The highest BCUT2D eigenvalue weighted by molar-refractivity contribution is 4.81. The van der Waals surface area contributed by atoms with Gasteiger partial charge in [-0.1, -0.05) is 19.3 Å². The molecule has 1 heterocycles. The van der Waals surface area contributed by atoms with Gasteiger partial charge in [-0.2, -0.15) is 0 Å². The summed E-state index contributed by atoms with van der Waals surface area (Å²) < 4.78 is 0. The molecule has 2 heteroatoms. The predicted molar refractivity (Wildman–Crippen MR) is 65.1 cm³/mol. The molecule has 1 aliphatic carbocycles. The van der Waals surface area contributed by atoms with Gasteiger partial charge < -0.3 is 10.2 Å². The van der Waals surface area contributed by atoms with Crippen molar-refractivity contribution < 1.29 is 0 Å². The van der Waals surface area contributed by atoms with Crippen molar-refractivity contribution in [3.05, 3.63) is 0 Å². The molecule has 0 spiro atoms. The molecule has 0 amide bonds. The van der Waals surface area contributed by atoms with Gasteiger partial charge in [-0.05, 0) is 45.7 Å². The Morgan fingerprint density at radius 3 is 2.67 bits per heavy atom. The van der Waals surface area contributed by atoms with Crippen molar-refractivity contribution in [2.75, 3.05) is 20.1 Å². The van der Waals surface area contributed by atoms with Gasteiger partial charge in [0.1, 0.15) is 0 Å². The zero-order valence-corrected chi connectivity index (χ0v) is 10.3. The van der Waals surface area contributed by atoms with Crippen molar-refractivity contribution in [3.8, 4) is 0 Å². The van der Waals surface area contributed by atoms with Crippen LogP contribution in [0.1, 0.15) is 45.4 Å². The number of likely N-dealkylation sites (N-methyl/N-ethyl adjacent to an activating group) is 1. The Hall–Kier alpha value is -0.0800. The normalized spacial score (nSPS) is 29.4. The molecule has 1 saturated heterocycles. The number of nitrogens with one attached hydrogen (secondary N) is 1. The first-order valence-electron chi connectivity index (χ1n) is 6.69. The summed E-state index contributed by atoms with van der Waals surface area (Å²) in [5.74, 6) is 1.06. The Morgan fingerprint density at radius 1 is 1.27 bits per heavy atom. The lowest BCUT2D eigenvalue weighted by molar-refractivity contribution is 0.200. The average Bonchev–Trinajstić information content (AvgIpc) is 3.03. The van der Waals surface area contributed by atoms with E-state index in [0.29, 0.717) is 0 Å². The third kappa shape index (κ3) is 3.76. The van der Waals surface area contributed by atoms with Crippen molar-refractivity contribution in [1.82, 2.24) is 10.2 Å². The second-order valence-electron chi connectivity index (χ2n) is 5.61. The first-order chi connectivity index (χ1) is 7.25. The van der Waals surface area contributed by atoms with Crippen LogP contribution in [0.4, 0.5) is 0 Å².